The molecule has 0 aromatic carbocycles. The Balaban J connectivity index is 3.64. The Hall–Kier alpha value is -1.05. The molecule has 0 saturated heterocycles. The molecule has 0 rings (SSSR count). The van der Waals surface area contributed by atoms with Gasteiger partial charge in [0.05, 0.1) is 6.61 Å². The summed E-state index contributed by atoms with van der Waals surface area (Å²) in [5, 5.41) is 0. The average Bonchev–Trinajstić information content (AvgIpc) is 2.27. The molecule has 0 spiro atoms. The monoisotopic (exact) mass is 238 g/mol. The van der Waals surface area contributed by atoms with Crippen molar-refractivity contribution in [3.8, 4) is 0 Å². The van der Waals surface area contributed by atoms with Gasteiger partial charge in [0.1, 0.15) is 0 Å². The quantitative estimate of drug-likeness (QED) is 0.358. The normalized spacial score (nSPS) is 11.8. The van der Waals surface area contributed by atoms with Crippen LogP contribution in [-0.2, 0) is 9.53 Å². The number of ether oxygens (including phenoxy) is 1. The minimum Gasteiger partial charge on any atom is -0.462 e. The number of hydrogen-bond acceptors (Lipinski definition) is 2. The van der Waals surface area contributed by atoms with Gasteiger partial charge in [-0.2, -0.15) is 0 Å². The molecule has 0 aromatic heterocycles. The smallest absolute Gasteiger partial charge is 0.333 e. The number of carbonyl (C=O) groups excluding carboxylic acids is 1. The van der Waals surface area contributed by atoms with E-state index in [-0.39, 0.29) is 5.97 Å². The summed E-state index contributed by atoms with van der Waals surface area (Å²) >= 11 is 0. The molecule has 0 fully saturated rings. The molecule has 0 aliphatic heterocycles. The highest BCUT2D eigenvalue weighted by molar-refractivity contribution is 5.87. The predicted octanol–water partition coefficient (Wildman–Crippen LogP) is 4.27. The molecule has 0 saturated carbocycles. The fourth-order valence-electron chi connectivity index (χ4n) is 1.40. The van der Waals surface area contributed by atoms with Crippen molar-refractivity contribution in [1.29, 1.82) is 0 Å². The summed E-state index contributed by atoms with van der Waals surface area (Å²) in [6, 6.07) is 0. The largest absolute Gasteiger partial charge is 0.462 e. The molecule has 0 amide bonds. The molecule has 0 N–H and O–H groups in total. The molecule has 1 atom stereocenters. The Kier molecular flexibility index (Phi) is 8.47. The second-order valence-electron chi connectivity index (χ2n) is 4.85. The lowest BCUT2D eigenvalue weighted by molar-refractivity contribution is -0.139. The molecule has 2 heteroatoms. The lowest BCUT2D eigenvalue weighted by Gasteiger charge is -2.11. The Morgan fingerprint density at radius 3 is 2.53 bits per heavy atom. The van der Waals surface area contributed by atoms with Crippen molar-refractivity contribution in [3.63, 3.8) is 0 Å². The van der Waals surface area contributed by atoms with E-state index in [0.29, 0.717) is 24.5 Å². The van der Waals surface area contributed by atoms with Gasteiger partial charge in [-0.3, -0.25) is 0 Å². The van der Waals surface area contributed by atoms with Gasteiger partial charge >= 0.3 is 5.97 Å². The Morgan fingerprint density at radius 1 is 1.35 bits per heavy atom. The van der Waals surface area contributed by atoms with Crippen molar-refractivity contribution >= 4 is 5.97 Å². The van der Waals surface area contributed by atoms with Crippen LogP contribution >= 0.6 is 0 Å². The minimum atomic E-state index is -0.246. The number of rotatable bonds is 8. The molecule has 2 nitrogen and oxygen atoms in total. The zero-order chi connectivity index (χ0) is 13.3. The van der Waals surface area contributed by atoms with Gasteiger partial charge in [0.25, 0.3) is 0 Å². The molecule has 0 bridgehead atoms. The molecule has 17 heavy (non-hydrogen) atoms. The Labute approximate surface area is 106 Å². The van der Waals surface area contributed by atoms with E-state index >= 15 is 0 Å². The predicted molar refractivity (Wildman–Crippen MR) is 72.8 cm³/mol. The van der Waals surface area contributed by atoms with Gasteiger partial charge in [-0.05, 0) is 45.4 Å². The topological polar surface area (TPSA) is 26.3 Å². The highest BCUT2D eigenvalue weighted by Crippen LogP contribution is 2.12. The molecule has 0 unspecified atom stereocenters. The van der Waals surface area contributed by atoms with Crippen LogP contribution in [0.3, 0.4) is 0 Å². The third-order valence-electron chi connectivity index (χ3n) is 2.77. The summed E-state index contributed by atoms with van der Waals surface area (Å²) in [6.45, 7) is 12.5. The number of allylic oxidation sites excluding steroid dienone is 2. The van der Waals surface area contributed by atoms with Gasteiger partial charge in [0.15, 0.2) is 0 Å². The zero-order valence-electron chi connectivity index (χ0n) is 11.7. The van der Waals surface area contributed by atoms with Gasteiger partial charge in [-0.25, -0.2) is 4.79 Å². The first kappa shape index (κ1) is 16.0. The lowest BCUT2D eigenvalue weighted by atomic mass is 10.0. The maximum absolute atomic E-state index is 11.3. The third kappa shape index (κ3) is 8.73. The molecule has 0 aliphatic rings. The van der Waals surface area contributed by atoms with Gasteiger partial charge in [0.2, 0.25) is 0 Å². The third-order valence-corrected chi connectivity index (χ3v) is 2.77. The van der Waals surface area contributed by atoms with Gasteiger partial charge in [-0.1, -0.05) is 32.1 Å². The number of hydrogen-bond donors (Lipinski definition) is 0. The van der Waals surface area contributed by atoms with Crippen LogP contribution in [0, 0.1) is 5.92 Å². The van der Waals surface area contributed by atoms with Crippen LogP contribution in [0.4, 0.5) is 0 Å². The van der Waals surface area contributed by atoms with E-state index in [4.69, 9.17) is 4.74 Å². The molecular weight excluding hydrogens is 212 g/mol. The summed E-state index contributed by atoms with van der Waals surface area (Å²) in [4.78, 5) is 11.3. The number of carbonyl (C=O) groups is 1. The summed E-state index contributed by atoms with van der Waals surface area (Å²) in [5.74, 6) is 0.345. The van der Waals surface area contributed by atoms with Crippen molar-refractivity contribution in [3.05, 3.63) is 23.8 Å². The molecule has 0 aliphatic carbocycles. The second-order valence-corrected chi connectivity index (χ2v) is 4.85. The van der Waals surface area contributed by atoms with Crippen molar-refractivity contribution in [1.82, 2.24) is 0 Å². The van der Waals surface area contributed by atoms with Gasteiger partial charge < -0.3 is 4.74 Å². The van der Waals surface area contributed by atoms with Crippen LogP contribution in [0.5, 0.6) is 0 Å². The number of esters is 1. The van der Waals surface area contributed by atoms with E-state index < -0.39 is 0 Å². The Bertz CT molecular complexity index is 273. The summed E-state index contributed by atoms with van der Waals surface area (Å²) in [7, 11) is 0. The van der Waals surface area contributed by atoms with E-state index in [2.05, 4.69) is 33.4 Å². The van der Waals surface area contributed by atoms with Crippen molar-refractivity contribution in [2.75, 3.05) is 6.61 Å². The van der Waals surface area contributed by atoms with E-state index in [1.807, 2.05) is 6.92 Å². The summed E-state index contributed by atoms with van der Waals surface area (Å²) in [5.41, 5.74) is 1.92. The molecule has 0 radical (unpaired) electrons. The zero-order valence-corrected chi connectivity index (χ0v) is 11.7. The van der Waals surface area contributed by atoms with Crippen LogP contribution in [0.25, 0.3) is 0 Å². The van der Waals surface area contributed by atoms with E-state index in [1.165, 1.54) is 5.57 Å². The van der Waals surface area contributed by atoms with Crippen LogP contribution in [-0.4, -0.2) is 12.6 Å². The van der Waals surface area contributed by atoms with Crippen LogP contribution in [0.1, 0.15) is 53.4 Å². The minimum absolute atomic E-state index is 0.246. The Morgan fingerprint density at radius 2 is 2.00 bits per heavy atom. The molecular formula is C15H26O2. The van der Waals surface area contributed by atoms with E-state index in [0.717, 1.165) is 19.3 Å². The fourth-order valence-corrected chi connectivity index (χ4v) is 1.40. The summed E-state index contributed by atoms with van der Waals surface area (Å²) in [6.07, 6.45) is 6.10. The molecule has 98 valence electrons. The van der Waals surface area contributed by atoms with Crippen molar-refractivity contribution in [2.24, 2.45) is 5.92 Å². The first-order chi connectivity index (χ1) is 7.97. The van der Waals surface area contributed by atoms with Crippen LogP contribution < -0.4 is 0 Å². The van der Waals surface area contributed by atoms with Crippen LogP contribution in [0.2, 0.25) is 0 Å². The first-order valence-electron chi connectivity index (χ1n) is 6.45. The maximum atomic E-state index is 11.3. The highest BCUT2D eigenvalue weighted by Gasteiger charge is 2.07. The van der Waals surface area contributed by atoms with E-state index in [9.17, 15) is 4.79 Å². The SMILES string of the molecule is C=C(CC)C(=O)OCC[C@@H](C)CCC=C(C)C. The highest BCUT2D eigenvalue weighted by atomic mass is 16.5. The first-order valence-corrected chi connectivity index (χ1v) is 6.45. The van der Waals surface area contributed by atoms with Crippen molar-refractivity contribution < 1.29 is 9.53 Å². The summed E-state index contributed by atoms with van der Waals surface area (Å²) < 4.78 is 5.14. The second kappa shape index (κ2) is 9.03. The van der Waals surface area contributed by atoms with Gasteiger partial charge in [0, 0.05) is 5.57 Å². The average molecular weight is 238 g/mol. The van der Waals surface area contributed by atoms with Gasteiger partial charge in [-0.15, -0.1) is 0 Å². The standard InChI is InChI=1S/C15H26O2/c1-6-14(5)15(16)17-11-10-13(4)9-7-8-12(2)3/h8,13H,5-7,9-11H2,1-4H3/t13-/m0/s1. The molecule has 0 aromatic rings. The van der Waals surface area contributed by atoms with Crippen molar-refractivity contribution in [2.45, 2.75) is 53.4 Å². The molecule has 0 heterocycles. The maximum Gasteiger partial charge on any atom is 0.333 e. The van der Waals surface area contributed by atoms with E-state index in [1.54, 1.807) is 0 Å². The lowest BCUT2D eigenvalue weighted by Crippen LogP contribution is -2.10. The fraction of sp³-hybridized carbons (Fsp3) is 0.667. The van der Waals surface area contributed by atoms with Crippen LogP contribution in [0.15, 0.2) is 23.8 Å².